The van der Waals surface area contributed by atoms with Gasteiger partial charge in [-0.05, 0) is 61.1 Å². The van der Waals surface area contributed by atoms with Crippen molar-refractivity contribution in [3.05, 3.63) is 76.7 Å². The molecule has 0 N–H and O–H groups in total. The van der Waals surface area contributed by atoms with E-state index in [1.165, 1.54) is 23.1 Å². The van der Waals surface area contributed by atoms with E-state index in [-0.39, 0.29) is 23.1 Å². The third-order valence-electron chi connectivity index (χ3n) is 6.31. The lowest BCUT2D eigenvalue weighted by Gasteiger charge is -2.27. The monoisotopic (exact) mass is 406 g/mol. The van der Waals surface area contributed by atoms with Gasteiger partial charge in [0.1, 0.15) is 17.3 Å². The zero-order valence-corrected chi connectivity index (χ0v) is 16.7. The molecule has 2 aromatic heterocycles. The Morgan fingerprint density at radius 2 is 1.83 bits per heavy atom. The van der Waals surface area contributed by atoms with E-state index < -0.39 is 17.0 Å². The lowest BCUT2D eigenvalue weighted by molar-refractivity contribution is 0.0821. The first-order valence-electron chi connectivity index (χ1n) is 9.92. The Bertz CT molecular complexity index is 1160. The number of aromatic nitrogens is 3. The maximum atomic E-state index is 14.2. The smallest absolute Gasteiger partial charge is 0.271 e. The topological polar surface area (TPSA) is 59.0 Å². The summed E-state index contributed by atoms with van der Waals surface area (Å²) in [6.07, 6.45) is 2.61. The summed E-state index contributed by atoms with van der Waals surface area (Å²) in [5, 5.41) is 8.62. The predicted molar refractivity (Wildman–Crippen MR) is 107 cm³/mol. The molecule has 3 aromatic rings. The van der Waals surface area contributed by atoms with Gasteiger partial charge in [-0.1, -0.05) is 12.1 Å². The highest BCUT2D eigenvalue weighted by molar-refractivity contribution is 5.92. The average Bonchev–Trinajstić information content (AvgIpc) is 3.32. The van der Waals surface area contributed by atoms with Gasteiger partial charge in [-0.15, -0.1) is 5.10 Å². The molecule has 1 aromatic carbocycles. The molecular formula is C23H20F2N4O. The van der Waals surface area contributed by atoms with Crippen LogP contribution in [0.15, 0.2) is 42.5 Å². The van der Waals surface area contributed by atoms with E-state index >= 15 is 0 Å². The molecule has 1 fully saturated rings. The Balaban J connectivity index is 1.61. The standard InChI is InChI=1S/C23H20F2N4O/c1-29(2)22(30)17-7-4-8-19(26-17)23-10-9-13(12-23)14-11-18(27-28-21(14)23)20-15(24)5-3-6-16(20)25/h3-8,11,13H,9-10,12H2,1-2H3/t13-,23+/m1/s1. The van der Waals surface area contributed by atoms with E-state index in [9.17, 15) is 13.6 Å². The Labute approximate surface area is 172 Å². The molecule has 5 rings (SSSR count). The second-order valence-electron chi connectivity index (χ2n) is 8.26. The third-order valence-corrected chi connectivity index (χ3v) is 6.31. The lowest BCUT2D eigenvalue weighted by atomic mass is 9.79. The molecule has 2 aliphatic carbocycles. The van der Waals surface area contributed by atoms with Gasteiger partial charge in [-0.3, -0.25) is 4.79 Å². The number of carbonyl (C=O) groups is 1. The number of halogens is 2. The van der Waals surface area contributed by atoms with Gasteiger partial charge in [-0.25, -0.2) is 13.8 Å². The lowest BCUT2D eigenvalue weighted by Crippen LogP contribution is -2.28. The number of hydrogen-bond donors (Lipinski definition) is 0. The summed E-state index contributed by atoms with van der Waals surface area (Å²) in [7, 11) is 3.39. The first kappa shape index (κ1) is 18.8. The molecule has 1 saturated carbocycles. The fourth-order valence-electron chi connectivity index (χ4n) is 4.88. The summed E-state index contributed by atoms with van der Waals surface area (Å²) in [6, 6.07) is 11.0. The van der Waals surface area contributed by atoms with Gasteiger partial charge in [0.15, 0.2) is 0 Å². The zero-order chi connectivity index (χ0) is 21.0. The van der Waals surface area contributed by atoms with Gasteiger partial charge < -0.3 is 4.90 Å². The Morgan fingerprint density at radius 3 is 2.57 bits per heavy atom. The highest BCUT2D eigenvalue weighted by Crippen LogP contribution is 2.59. The molecule has 7 heteroatoms. The number of rotatable bonds is 3. The van der Waals surface area contributed by atoms with Crippen LogP contribution in [0.3, 0.4) is 0 Å². The molecule has 0 aliphatic heterocycles. The number of fused-ring (bicyclic) bond motifs is 5. The first-order chi connectivity index (χ1) is 14.4. The quantitative estimate of drug-likeness (QED) is 0.658. The largest absolute Gasteiger partial charge is 0.343 e. The Hall–Kier alpha value is -3.22. The van der Waals surface area contributed by atoms with Gasteiger partial charge in [0.05, 0.1) is 28.1 Å². The van der Waals surface area contributed by atoms with Crippen molar-refractivity contribution in [1.29, 1.82) is 0 Å². The minimum Gasteiger partial charge on any atom is -0.343 e. The van der Waals surface area contributed by atoms with Gasteiger partial charge in [0.25, 0.3) is 5.91 Å². The first-order valence-corrected chi connectivity index (χ1v) is 9.92. The van der Waals surface area contributed by atoms with Crippen LogP contribution in [0.25, 0.3) is 11.3 Å². The van der Waals surface area contributed by atoms with E-state index in [4.69, 9.17) is 0 Å². The van der Waals surface area contributed by atoms with Crippen LogP contribution in [0.4, 0.5) is 8.78 Å². The van der Waals surface area contributed by atoms with Crippen LogP contribution in [0, 0.1) is 11.6 Å². The Kier molecular flexibility index (Phi) is 4.17. The summed E-state index contributed by atoms with van der Waals surface area (Å²) in [4.78, 5) is 18.6. The van der Waals surface area contributed by atoms with Crippen molar-refractivity contribution in [3.8, 4) is 11.3 Å². The summed E-state index contributed by atoms with van der Waals surface area (Å²) < 4.78 is 28.5. The normalized spacial score (nSPS) is 21.5. The number of nitrogens with zero attached hydrogens (tertiary/aromatic N) is 4. The zero-order valence-electron chi connectivity index (χ0n) is 16.7. The minimum absolute atomic E-state index is 0.152. The number of pyridine rings is 1. The molecule has 0 radical (unpaired) electrons. The minimum atomic E-state index is -0.654. The fraction of sp³-hybridized carbons (Fsp3) is 0.304. The summed E-state index contributed by atoms with van der Waals surface area (Å²) in [5.41, 5.74) is 2.61. The van der Waals surface area contributed by atoms with Crippen molar-refractivity contribution in [2.24, 2.45) is 0 Å². The summed E-state index contributed by atoms with van der Waals surface area (Å²) in [5.74, 6) is -1.23. The molecule has 0 unspecified atom stereocenters. The third kappa shape index (κ3) is 2.65. The van der Waals surface area contributed by atoms with E-state index in [2.05, 4.69) is 15.2 Å². The van der Waals surface area contributed by atoms with Crippen LogP contribution in [0.5, 0.6) is 0 Å². The van der Waals surface area contributed by atoms with E-state index in [0.717, 1.165) is 36.2 Å². The van der Waals surface area contributed by atoms with Crippen LogP contribution < -0.4 is 0 Å². The number of amides is 1. The van der Waals surface area contributed by atoms with Crippen LogP contribution >= 0.6 is 0 Å². The Morgan fingerprint density at radius 1 is 1.10 bits per heavy atom. The fourth-order valence-corrected chi connectivity index (χ4v) is 4.88. The molecule has 152 valence electrons. The highest BCUT2D eigenvalue weighted by atomic mass is 19.1. The molecule has 2 heterocycles. The summed E-state index contributed by atoms with van der Waals surface area (Å²) in [6.45, 7) is 0. The number of hydrogen-bond acceptors (Lipinski definition) is 4. The predicted octanol–water partition coefficient (Wildman–Crippen LogP) is 4.09. The van der Waals surface area contributed by atoms with Gasteiger partial charge in [0, 0.05) is 14.1 Å². The molecule has 5 nitrogen and oxygen atoms in total. The molecule has 1 amide bonds. The van der Waals surface area contributed by atoms with Crippen molar-refractivity contribution in [2.75, 3.05) is 14.1 Å². The van der Waals surface area contributed by atoms with Gasteiger partial charge in [-0.2, -0.15) is 5.10 Å². The molecule has 30 heavy (non-hydrogen) atoms. The molecule has 2 aliphatic rings. The second kappa shape index (κ2) is 6.65. The van der Waals surface area contributed by atoms with Crippen LogP contribution in [-0.4, -0.2) is 40.1 Å². The molecule has 0 spiro atoms. The van der Waals surface area contributed by atoms with Crippen molar-refractivity contribution >= 4 is 5.91 Å². The average molecular weight is 406 g/mol. The van der Waals surface area contributed by atoms with Crippen LogP contribution in [0.1, 0.15) is 52.6 Å². The summed E-state index contributed by atoms with van der Waals surface area (Å²) >= 11 is 0. The van der Waals surface area contributed by atoms with E-state index in [1.807, 2.05) is 12.1 Å². The number of carbonyl (C=O) groups excluding carboxylic acids is 1. The molecular weight excluding hydrogens is 386 g/mol. The molecule has 2 bridgehead atoms. The van der Waals surface area contributed by atoms with Gasteiger partial charge >= 0.3 is 0 Å². The van der Waals surface area contributed by atoms with E-state index in [0.29, 0.717) is 5.69 Å². The van der Waals surface area contributed by atoms with Crippen molar-refractivity contribution in [3.63, 3.8) is 0 Å². The van der Waals surface area contributed by atoms with E-state index in [1.54, 1.807) is 26.2 Å². The van der Waals surface area contributed by atoms with Crippen LogP contribution in [-0.2, 0) is 5.41 Å². The van der Waals surface area contributed by atoms with Crippen molar-refractivity contribution < 1.29 is 13.6 Å². The highest BCUT2D eigenvalue weighted by Gasteiger charge is 2.53. The maximum Gasteiger partial charge on any atom is 0.271 e. The van der Waals surface area contributed by atoms with Crippen LogP contribution in [0.2, 0.25) is 0 Å². The SMILES string of the molecule is CN(C)C(=O)c1cccc([C@]23CC[C@H](C2)c2cc(-c4c(F)cccc4F)nnc23)n1. The second-order valence-corrected chi connectivity index (χ2v) is 8.26. The number of benzene rings is 1. The van der Waals surface area contributed by atoms with Crippen molar-refractivity contribution in [1.82, 2.24) is 20.1 Å². The van der Waals surface area contributed by atoms with Gasteiger partial charge in [0.2, 0.25) is 0 Å². The maximum absolute atomic E-state index is 14.2. The molecule has 0 saturated heterocycles. The molecule has 2 atom stereocenters. The van der Waals surface area contributed by atoms with Crippen molar-refractivity contribution in [2.45, 2.75) is 30.6 Å².